The number of fused-ring (bicyclic) bond motifs is 2. The van der Waals surface area contributed by atoms with E-state index in [-0.39, 0.29) is 38.1 Å². The number of nitrogens with zero attached hydrogens (tertiary/aromatic N) is 5. The molecule has 0 saturated heterocycles. The van der Waals surface area contributed by atoms with Crippen LogP contribution in [0.3, 0.4) is 0 Å². The van der Waals surface area contributed by atoms with E-state index in [0.717, 1.165) is 11.1 Å². The van der Waals surface area contributed by atoms with Gasteiger partial charge in [0.25, 0.3) is 5.56 Å². The second-order valence-electron chi connectivity index (χ2n) is 8.32. The van der Waals surface area contributed by atoms with E-state index < -0.39 is 5.97 Å². The Bertz CT molecular complexity index is 1410. The Morgan fingerprint density at radius 1 is 1.22 bits per heavy atom. The van der Waals surface area contributed by atoms with Gasteiger partial charge in [0, 0.05) is 23.6 Å². The molecular weight excluding hydrogens is 468 g/mol. The van der Waals surface area contributed by atoms with Gasteiger partial charge in [-0.2, -0.15) is 0 Å². The average molecular weight is 495 g/mol. The van der Waals surface area contributed by atoms with E-state index in [0.29, 0.717) is 41.4 Å². The molecule has 0 bridgehead atoms. The number of nitrogens with one attached hydrogen (secondary N) is 1. The number of benzene rings is 1. The Hall–Kier alpha value is -4.19. The normalized spacial score (nSPS) is 13.4. The van der Waals surface area contributed by atoms with Crippen LogP contribution in [0.25, 0.3) is 10.9 Å². The smallest absolute Gasteiger partial charge is 0.327 e. The highest BCUT2D eigenvalue weighted by atomic mass is 16.7. The van der Waals surface area contributed by atoms with Gasteiger partial charge < -0.3 is 23.6 Å². The Labute approximate surface area is 205 Å². The number of rotatable bonds is 10. The van der Waals surface area contributed by atoms with Gasteiger partial charge in [-0.25, -0.2) is 4.68 Å². The zero-order valence-corrected chi connectivity index (χ0v) is 20.0. The molecule has 1 N–H and O–H groups in total. The van der Waals surface area contributed by atoms with E-state index in [4.69, 9.17) is 18.6 Å². The number of ether oxygens (including phenoxy) is 3. The lowest BCUT2D eigenvalue weighted by molar-refractivity contribution is -0.144. The van der Waals surface area contributed by atoms with Crippen molar-refractivity contribution in [2.24, 2.45) is 0 Å². The molecule has 1 unspecified atom stereocenters. The number of aromatic nitrogens is 5. The predicted octanol–water partition coefficient (Wildman–Crippen LogP) is 2.55. The van der Waals surface area contributed by atoms with Gasteiger partial charge in [0.15, 0.2) is 17.3 Å². The number of tetrazole rings is 1. The number of pyridine rings is 1. The van der Waals surface area contributed by atoms with E-state index in [9.17, 15) is 9.59 Å². The summed E-state index contributed by atoms with van der Waals surface area (Å²) >= 11 is 0. The van der Waals surface area contributed by atoms with E-state index in [1.807, 2.05) is 31.2 Å². The van der Waals surface area contributed by atoms with Crippen LogP contribution in [0, 0.1) is 0 Å². The highest BCUT2D eigenvalue weighted by molar-refractivity contribution is 5.83. The fourth-order valence-corrected chi connectivity index (χ4v) is 4.35. The second kappa shape index (κ2) is 10.2. The Morgan fingerprint density at radius 2 is 2.06 bits per heavy atom. The Kier molecular flexibility index (Phi) is 6.67. The molecule has 4 heterocycles. The molecule has 3 aromatic heterocycles. The van der Waals surface area contributed by atoms with Crippen LogP contribution in [0.5, 0.6) is 11.5 Å². The van der Waals surface area contributed by atoms with Crippen LogP contribution >= 0.6 is 0 Å². The largest absolute Gasteiger partial charge is 0.468 e. The maximum atomic E-state index is 13.1. The number of hydrogen-bond donors (Lipinski definition) is 1. The van der Waals surface area contributed by atoms with Gasteiger partial charge in [-0.05, 0) is 48.0 Å². The quantitative estimate of drug-likeness (QED) is 0.327. The van der Waals surface area contributed by atoms with Crippen LogP contribution in [0.15, 0.2) is 45.8 Å². The third kappa shape index (κ3) is 4.80. The summed E-state index contributed by atoms with van der Waals surface area (Å²) in [6, 6.07) is 8.83. The number of aromatic amines is 1. The Morgan fingerprint density at radius 3 is 2.81 bits per heavy atom. The van der Waals surface area contributed by atoms with Crippen LogP contribution in [-0.4, -0.2) is 49.5 Å². The lowest BCUT2D eigenvalue weighted by Gasteiger charge is -2.29. The van der Waals surface area contributed by atoms with Crippen molar-refractivity contribution in [1.29, 1.82) is 0 Å². The van der Waals surface area contributed by atoms with Crippen molar-refractivity contribution in [3.63, 3.8) is 0 Å². The number of esters is 1. The van der Waals surface area contributed by atoms with Crippen molar-refractivity contribution in [2.75, 3.05) is 13.4 Å². The van der Waals surface area contributed by atoms with Crippen molar-refractivity contribution in [2.45, 2.75) is 45.9 Å². The first kappa shape index (κ1) is 23.5. The molecule has 0 saturated carbocycles. The van der Waals surface area contributed by atoms with Gasteiger partial charge in [-0.3, -0.25) is 14.5 Å². The fraction of sp³-hybridized carbons (Fsp3) is 0.375. The van der Waals surface area contributed by atoms with Gasteiger partial charge in [0.05, 0.1) is 31.0 Å². The van der Waals surface area contributed by atoms with E-state index in [2.05, 4.69) is 25.4 Å². The van der Waals surface area contributed by atoms with E-state index in [1.54, 1.807) is 19.3 Å². The van der Waals surface area contributed by atoms with Crippen molar-refractivity contribution >= 4 is 16.9 Å². The van der Waals surface area contributed by atoms with E-state index in [1.165, 1.54) is 4.68 Å². The number of H-pyrrole nitrogens is 1. The number of carbonyl (C=O) groups excluding carboxylic acids is 1. The molecular formula is C24H26N6O6. The molecule has 12 heteroatoms. The van der Waals surface area contributed by atoms with Crippen molar-refractivity contribution in [3.05, 3.63) is 64.1 Å². The molecule has 12 nitrogen and oxygen atoms in total. The molecule has 1 atom stereocenters. The van der Waals surface area contributed by atoms with Crippen LogP contribution in [0.1, 0.15) is 43.5 Å². The van der Waals surface area contributed by atoms with Gasteiger partial charge in [-0.1, -0.05) is 6.92 Å². The number of carbonyl (C=O) groups is 1. The number of furan rings is 1. The van der Waals surface area contributed by atoms with Gasteiger partial charge in [0.2, 0.25) is 6.79 Å². The topological polar surface area (TPSA) is 138 Å². The standard InChI is InChI=1S/C24H26N6O6/c1-3-19(23-26-27-28-30(23)13-22(31)33-4-2)29(12-17-6-5-7-34-17)11-16-8-15-9-20-21(36-14-35-20)10-18(15)25-24(16)32/h5-10,19H,3-4,11-14H2,1-2H3,(H,25,32). The lowest BCUT2D eigenvalue weighted by Crippen LogP contribution is -2.32. The first-order chi connectivity index (χ1) is 17.6. The molecule has 0 amide bonds. The van der Waals surface area contributed by atoms with Crippen LogP contribution in [0.2, 0.25) is 0 Å². The predicted molar refractivity (Wildman–Crippen MR) is 126 cm³/mol. The van der Waals surface area contributed by atoms with Crippen LogP contribution in [0.4, 0.5) is 0 Å². The molecule has 0 spiro atoms. The summed E-state index contributed by atoms with van der Waals surface area (Å²) in [7, 11) is 0. The summed E-state index contributed by atoms with van der Waals surface area (Å²) in [5, 5.41) is 12.8. The van der Waals surface area contributed by atoms with Crippen LogP contribution in [-0.2, 0) is 29.2 Å². The molecule has 5 rings (SSSR count). The fourth-order valence-electron chi connectivity index (χ4n) is 4.35. The molecule has 0 aliphatic carbocycles. The summed E-state index contributed by atoms with van der Waals surface area (Å²) in [6.45, 7) is 4.73. The monoisotopic (exact) mass is 494 g/mol. The van der Waals surface area contributed by atoms with Gasteiger partial charge >= 0.3 is 5.97 Å². The summed E-state index contributed by atoms with van der Waals surface area (Å²) in [6.07, 6.45) is 2.22. The summed E-state index contributed by atoms with van der Waals surface area (Å²) in [4.78, 5) is 30.2. The van der Waals surface area contributed by atoms with Gasteiger partial charge in [-0.15, -0.1) is 5.10 Å². The lowest BCUT2D eigenvalue weighted by atomic mass is 10.1. The molecule has 1 aliphatic rings. The minimum atomic E-state index is -0.428. The molecule has 1 aromatic carbocycles. The zero-order valence-electron chi connectivity index (χ0n) is 20.0. The molecule has 36 heavy (non-hydrogen) atoms. The van der Waals surface area contributed by atoms with Crippen molar-refractivity contribution in [1.82, 2.24) is 30.1 Å². The minimum Gasteiger partial charge on any atom is -0.468 e. The highest BCUT2D eigenvalue weighted by Crippen LogP contribution is 2.35. The number of hydrogen-bond acceptors (Lipinski definition) is 10. The zero-order chi connectivity index (χ0) is 25.1. The first-order valence-electron chi connectivity index (χ1n) is 11.7. The minimum absolute atomic E-state index is 0.106. The second-order valence-corrected chi connectivity index (χ2v) is 8.32. The molecule has 188 valence electrons. The van der Waals surface area contributed by atoms with Crippen molar-refractivity contribution < 1.29 is 23.4 Å². The third-order valence-electron chi connectivity index (χ3n) is 6.00. The van der Waals surface area contributed by atoms with Crippen LogP contribution < -0.4 is 15.0 Å². The summed E-state index contributed by atoms with van der Waals surface area (Å²) in [5.41, 5.74) is 0.999. The highest BCUT2D eigenvalue weighted by Gasteiger charge is 2.27. The maximum absolute atomic E-state index is 13.1. The maximum Gasteiger partial charge on any atom is 0.327 e. The van der Waals surface area contributed by atoms with Crippen molar-refractivity contribution in [3.8, 4) is 11.5 Å². The molecule has 4 aromatic rings. The first-order valence-corrected chi connectivity index (χ1v) is 11.7. The third-order valence-corrected chi connectivity index (χ3v) is 6.00. The van der Waals surface area contributed by atoms with E-state index >= 15 is 0 Å². The molecule has 1 aliphatic heterocycles. The summed E-state index contributed by atoms with van der Waals surface area (Å²) < 4.78 is 23.0. The SMILES string of the molecule is CCOC(=O)Cn1nnnc1C(CC)N(Cc1ccco1)Cc1cc2cc3c(cc2[nH]c1=O)OCO3. The Balaban J connectivity index is 1.49. The molecule has 0 radical (unpaired) electrons. The molecule has 0 fully saturated rings. The average Bonchev–Trinajstić information content (AvgIpc) is 3.62. The van der Waals surface area contributed by atoms with Gasteiger partial charge in [0.1, 0.15) is 12.3 Å². The summed E-state index contributed by atoms with van der Waals surface area (Å²) in [5.74, 6) is 2.03.